The molecule has 3 nitrogen and oxygen atoms in total. The van der Waals surface area contributed by atoms with Gasteiger partial charge in [-0.1, -0.05) is 12.1 Å². The second-order valence-electron chi connectivity index (χ2n) is 4.64. The Morgan fingerprint density at radius 1 is 1.47 bits per heavy atom. The van der Waals surface area contributed by atoms with Crippen LogP contribution >= 0.6 is 23.1 Å². The van der Waals surface area contributed by atoms with E-state index in [2.05, 4.69) is 16.4 Å². The number of thioether (sulfide) groups is 1. The molecular weight excluding hydrogens is 276 g/mol. The molecule has 2 N–H and O–H groups in total. The third-order valence-electron chi connectivity index (χ3n) is 3.12. The fourth-order valence-corrected chi connectivity index (χ4v) is 3.84. The van der Waals surface area contributed by atoms with Crippen LogP contribution in [0.3, 0.4) is 0 Å². The van der Waals surface area contributed by atoms with Crippen molar-refractivity contribution >= 4 is 23.1 Å². The SMILES string of the molecule is Cc1nc(CC(N)C2CSc3ccccc3O2)cs1. The normalized spacial score (nSPS) is 19.6. The lowest BCUT2D eigenvalue weighted by atomic mass is 10.1. The Morgan fingerprint density at radius 2 is 2.32 bits per heavy atom. The van der Waals surface area contributed by atoms with Crippen molar-refractivity contribution in [3.63, 3.8) is 0 Å². The molecule has 19 heavy (non-hydrogen) atoms. The van der Waals surface area contributed by atoms with E-state index < -0.39 is 0 Å². The molecule has 1 aromatic heterocycles. The van der Waals surface area contributed by atoms with E-state index in [-0.39, 0.29) is 12.1 Å². The van der Waals surface area contributed by atoms with E-state index in [0.717, 1.165) is 28.6 Å². The number of rotatable bonds is 3. The summed E-state index contributed by atoms with van der Waals surface area (Å²) in [6.07, 6.45) is 0.833. The maximum absolute atomic E-state index is 6.27. The zero-order chi connectivity index (χ0) is 13.2. The number of fused-ring (bicyclic) bond motifs is 1. The van der Waals surface area contributed by atoms with Crippen LogP contribution in [-0.2, 0) is 6.42 Å². The van der Waals surface area contributed by atoms with Crippen LogP contribution in [0.4, 0.5) is 0 Å². The maximum Gasteiger partial charge on any atom is 0.133 e. The van der Waals surface area contributed by atoms with Gasteiger partial charge >= 0.3 is 0 Å². The molecular formula is C14H16N2OS2. The number of thiazole rings is 1. The second kappa shape index (κ2) is 5.53. The van der Waals surface area contributed by atoms with Crippen molar-refractivity contribution in [3.8, 4) is 5.75 Å². The van der Waals surface area contributed by atoms with Crippen molar-refractivity contribution < 1.29 is 4.74 Å². The summed E-state index contributed by atoms with van der Waals surface area (Å²) in [7, 11) is 0. The molecule has 0 amide bonds. The minimum atomic E-state index is -0.0117. The maximum atomic E-state index is 6.27. The number of hydrogen-bond acceptors (Lipinski definition) is 5. The Labute approximate surface area is 121 Å². The zero-order valence-electron chi connectivity index (χ0n) is 10.7. The highest BCUT2D eigenvalue weighted by Crippen LogP contribution is 2.35. The quantitative estimate of drug-likeness (QED) is 0.945. The summed E-state index contributed by atoms with van der Waals surface area (Å²) in [5.41, 5.74) is 7.34. The molecule has 100 valence electrons. The number of benzene rings is 1. The number of nitrogens with two attached hydrogens (primary N) is 1. The number of hydrogen-bond donors (Lipinski definition) is 1. The molecule has 2 atom stereocenters. The zero-order valence-corrected chi connectivity index (χ0v) is 12.3. The van der Waals surface area contributed by atoms with Gasteiger partial charge in [-0.15, -0.1) is 23.1 Å². The molecule has 2 heterocycles. The van der Waals surface area contributed by atoms with Gasteiger partial charge in [-0.05, 0) is 19.1 Å². The van der Waals surface area contributed by atoms with E-state index in [1.54, 1.807) is 11.3 Å². The van der Waals surface area contributed by atoms with Crippen molar-refractivity contribution in [3.05, 3.63) is 40.3 Å². The highest BCUT2D eigenvalue weighted by molar-refractivity contribution is 7.99. The van der Waals surface area contributed by atoms with Crippen molar-refractivity contribution in [1.82, 2.24) is 4.98 Å². The first-order valence-corrected chi connectivity index (χ1v) is 8.14. The van der Waals surface area contributed by atoms with E-state index in [1.165, 1.54) is 4.90 Å². The first kappa shape index (κ1) is 13.0. The smallest absolute Gasteiger partial charge is 0.133 e. The largest absolute Gasteiger partial charge is 0.487 e. The van der Waals surface area contributed by atoms with E-state index in [1.807, 2.05) is 36.9 Å². The first-order valence-electron chi connectivity index (χ1n) is 6.27. The van der Waals surface area contributed by atoms with Crippen LogP contribution in [0.25, 0.3) is 0 Å². The van der Waals surface area contributed by atoms with Gasteiger partial charge in [0.05, 0.1) is 10.7 Å². The Hall–Kier alpha value is -1.04. The molecule has 0 spiro atoms. The summed E-state index contributed by atoms with van der Waals surface area (Å²) >= 11 is 3.49. The van der Waals surface area contributed by atoms with Crippen LogP contribution in [0.15, 0.2) is 34.5 Å². The van der Waals surface area contributed by atoms with Crippen LogP contribution < -0.4 is 10.5 Å². The fourth-order valence-electron chi connectivity index (χ4n) is 2.12. The summed E-state index contributed by atoms with van der Waals surface area (Å²) in [5, 5.41) is 3.17. The Kier molecular flexibility index (Phi) is 3.77. The number of para-hydroxylation sites is 1. The second-order valence-corrected chi connectivity index (χ2v) is 6.76. The predicted octanol–water partition coefficient (Wildman–Crippen LogP) is 2.87. The molecule has 0 aliphatic carbocycles. The average Bonchev–Trinajstić information content (AvgIpc) is 2.83. The van der Waals surface area contributed by atoms with Crippen LogP contribution in [0.1, 0.15) is 10.7 Å². The average molecular weight is 292 g/mol. The van der Waals surface area contributed by atoms with Gasteiger partial charge in [0.2, 0.25) is 0 Å². The molecule has 2 unspecified atom stereocenters. The Bertz CT molecular complexity index is 570. The lowest BCUT2D eigenvalue weighted by molar-refractivity contribution is 0.184. The monoisotopic (exact) mass is 292 g/mol. The van der Waals surface area contributed by atoms with E-state index in [9.17, 15) is 0 Å². The number of aromatic nitrogens is 1. The van der Waals surface area contributed by atoms with Gasteiger partial charge in [-0.25, -0.2) is 4.98 Å². The highest BCUT2D eigenvalue weighted by Gasteiger charge is 2.26. The van der Waals surface area contributed by atoms with Gasteiger partial charge in [0.25, 0.3) is 0 Å². The Morgan fingerprint density at radius 3 is 3.11 bits per heavy atom. The molecule has 5 heteroatoms. The highest BCUT2D eigenvalue weighted by atomic mass is 32.2. The van der Waals surface area contributed by atoms with Crippen LogP contribution in [0.2, 0.25) is 0 Å². The van der Waals surface area contributed by atoms with Crippen LogP contribution in [0.5, 0.6) is 5.75 Å². The van der Waals surface area contributed by atoms with Gasteiger partial charge in [-0.3, -0.25) is 0 Å². The summed E-state index contributed by atoms with van der Waals surface area (Å²) in [6, 6.07) is 8.12. The van der Waals surface area contributed by atoms with E-state index in [0.29, 0.717) is 0 Å². The molecule has 3 rings (SSSR count). The third-order valence-corrected chi connectivity index (χ3v) is 5.09. The van der Waals surface area contributed by atoms with Crippen molar-refractivity contribution in [2.75, 3.05) is 5.75 Å². The number of ether oxygens (including phenoxy) is 1. The van der Waals surface area contributed by atoms with Gasteiger partial charge in [0, 0.05) is 28.5 Å². The summed E-state index contributed by atoms with van der Waals surface area (Å²) in [5.74, 6) is 1.86. The topological polar surface area (TPSA) is 48.1 Å². The Balaban J connectivity index is 1.67. The number of aryl methyl sites for hydroxylation is 1. The van der Waals surface area contributed by atoms with E-state index in [4.69, 9.17) is 10.5 Å². The van der Waals surface area contributed by atoms with Gasteiger partial charge in [-0.2, -0.15) is 0 Å². The first-order chi connectivity index (χ1) is 9.22. The fraction of sp³-hybridized carbons (Fsp3) is 0.357. The molecule has 1 aliphatic rings. The standard InChI is InChI=1S/C14H16N2OS2/c1-9-16-10(7-18-9)6-11(15)13-8-19-14-5-3-2-4-12(14)17-13/h2-5,7,11,13H,6,8,15H2,1H3. The van der Waals surface area contributed by atoms with Crippen molar-refractivity contribution in [1.29, 1.82) is 0 Å². The van der Waals surface area contributed by atoms with Crippen molar-refractivity contribution in [2.45, 2.75) is 30.4 Å². The van der Waals surface area contributed by atoms with Gasteiger partial charge in [0.1, 0.15) is 11.9 Å². The molecule has 0 bridgehead atoms. The molecule has 0 fully saturated rings. The number of nitrogens with zero attached hydrogens (tertiary/aromatic N) is 1. The van der Waals surface area contributed by atoms with Gasteiger partial charge in [0.15, 0.2) is 0 Å². The minimum absolute atomic E-state index is 0.0117. The van der Waals surface area contributed by atoms with Crippen molar-refractivity contribution in [2.24, 2.45) is 5.73 Å². The molecule has 0 saturated carbocycles. The summed E-state index contributed by atoms with van der Waals surface area (Å²) < 4.78 is 6.00. The molecule has 1 aliphatic heterocycles. The molecule has 0 radical (unpaired) electrons. The molecule has 1 aromatic carbocycles. The molecule has 0 saturated heterocycles. The minimum Gasteiger partial charge on any atom is -0.487 e. The van der Waals surface area contributed by atoms with Crippen LogP contribution in [0, 0.1) is 6.92 Å². The predicted molar refractivity (Wildman–Crippen MR) is 80.1 cm³/mol. The van der Waals surface area contributed by atoms with Gasteiger partial charge < -0.3 is 10.5 Å². The summed E-state index contributed by atoms with van der Waals surface area (Å²) in [4.78, 5) is 5.67. The van der Waals surface area contributed by atoms with E-state index >= 15 is 0 Å². The lowest BCUT2D eigenvalue weighted by Gasteiger charge is -2.29. The molecule has 2 aromatic rings. The summed E-state index contributed by atoms with van der Waals surface area (Å²) in [6.45, 7) is 2.02. The van der Waals surface area contributed by atoms with Crippen LogP contribution in [-0.4, -0.2) is 22.9 Å². The third kappa shape index (κ3) is 2.94. The lowest BCUT2D eigenvalue weighted by Crippen LogP contribution is -2.43.